The summed E-state index contributed by atoms with van der Waals surface area (Å²) in [6.07, 6.45) is 2.15. The molecule has 2 N–H and O–H groups in total. The summed E-state index contributed by atoms with van der Waals surface area (Å²) in [5.41, 5.74) is 2.74. The van der Waals surface area contributed by atoms with E-state index in [1.807, 2.05) is 51.1 Å². The highest BCUT2D eigenvalue weighted by molar-refractivity contribution is 5.71. The maximum absolute atomic E-state index is 13.7. The second-order valence-electron chi connectivity index (χ2n) is 10.6. The molecule has 2 aromatic heterocycles. The number of aromatic amines is 1. The summed E-state index contributed by atoms with van der Waals surface area (Å²) < 4.78 is 20.7. The third kappa shape index (κ3) is 5.85. The number of ether oxygens (including phenoxy) is 1. The Bertz CT molecular complexity index is 1520. The van der Waals surface area contributed by atoms with Gasteiger partial charge in [0, 0.05) is 19.6 Å². The van der Waals surface area contributed by atoms with Crippen LogP contribution in [-0.4, -0.2) is 55.7 Å². The number of hydrogen-bond acceptors (Lipinski definition) is 6. The van der Waals surface area contributed by atoms with Gasteiger partial charge in [0.1, 0.15) is 16.9 Å². The number of hydrogen-bond donors (Lipinski definition) is 2. The molecule has 5 rings (SSSR count). The molecule has 0 saturated carbocycles. The average Bonchev–Trinajstić information content (AvgIpc) is 3.46. The second kappa shape index (κ2) is 10.3. The molecule has 1 aliphatic rings. The number of nitrogens with one attached hydrogen (secondary N) is 2. The van der Waals surface area contributed by atoms with Crippen LogP contribution in [-0.2, 0) is 11.3 Å². The Kier molecular flexibility index (Phi) is 6.88. The van der Waals surface area contributed by atoms with Gasteiger partial charge in [-0.25, -0.2) is 19.0 Å². The van der Waals surface area contributed by atoms with E-state index in [1.165, 1.54) is 12.1 Å². The SMILES string of the molecule is CC(C)(C)OC(=O)N1CC[C@@H](CNc2ncc3[nH]c(=O)n(Cc4cccc(-c5cccc(F)c5)c4)c3n2)C1. The van der Waals surface area contributed by atoms with E-state index in [4.69, 9.17) is 4.74 Å². The number of nitrogens with zero attached hydrogens (tertiary/aromatic N) is 4. The molecule has 1 atom stereocenters. The quantitative estimate of drug-likeness (QED) is 0.385. The van der Waals surface area contributed by atoms with Gasteiger partial charge in [-0.2, -0.15) is 4.98 Å². The van der Waals surface area contributed by atoms with Gasteiger partial charge in [-0.3, -0.25) is 4.57 Å². The van der Waals surface area contributed by atoms with E-state index in [-0.39, 0.29) is 23.5 Å². The Labute approximate surface area is 219 Å². The van der Waals surface area contributed by atoms with Gasteiger partial charge in [-0.1, -0.05) is 30.3 Å². The van der Waals surface area contributed by atoms with Gasteiger partial charge in [-0.05, 0) is 68.0 Å². The number of rotatable bonds is 6. The number of carbonyl (C=O) groups excluding carboxylic acids is 1. The van der Waals surface area contributed by atoms with Crippen LogP contribution >= 0.6 is 0 Å². The van der Waals surface area contributed by atoms with Crippen molar-refractivity contribution in [3.63, 3.8) is 0 Å². The highest BCUT2D eigenvalue weighted by atomic mass is 19.1. The number of anilines is 1. The summed E-state index contributed by atoms with van der Waals surface area (Å²) in [7, 11) is 0. The van der Waals surface area contributed by atoms with Crippen LogP contribution < -0.4 is 11.0 Å². The van der Waals surface area contributed by atoms with Crippen LogP contribution in [0.4, 0.5) is 15.1 Å². The van der Waals surface area contributed by atoms with Crippen LogP contribution in [0.15, 0.2) is 59.5 Å². The summed E-state index contributed by atoms with van der Waals surface area (Å²) in [4.78, 5) is 38.6. The first-order valence-corrected chi connectivity index (χ1v) is 12.7. The van der Waals surface area contributed by atoms with Crippen molar-refractivity contribution >= 4 is 23.2 Å². The van der Waals surface area contributed by atoms with Crippen LogP contribution in [0.3, 0.4) is 0 Å². The molecular formula is C28H31FN6O3. The van der Waals surface area contributed by atoms with Gasteiger partial charge in [0.2, 0.25) is 5.95 Å². The number of fused-ring (bicyclic) bond motifs is 1. The standard InChI is InChI=1S/C28H31FN6O3/c1-28(2,3)38-27(37)34-11-10-19(16-34)14-30-25-31-15-23-24(33-25)35(26(36)32-23)17-18-6-4-7-20(12-18)21-8-5-9-22(29)13-21/h4-9,12-13,15,19H,10-11,14,16-17H2,1-3H3,(H,32,36)(H,30,31,33)/t19-/m0/s1. The van der Waals surface area contributed by atoms with E-state index < -0.39 is 5.60 Å². The van der Waals surface area contributed by atoms with Crippen LogP contribution in [0.25, 0.3) is 22.3 Å². The summed E-state index contributed by atoms with van der Waals surface area (Å²) in [5, 5.41) is 3.26. The second-order valence-corrected chi connectivity index (χ2v) is 10.6. The lowest BCUT2D eigenvalue weighted by molar-refractivity contribution is 0.0289. The zero-order chi connectivity index (χ0) is 26.9. The fourth-order valence-electron chi connectivity index (χ4n) is 4.60. The molecule has 9 nitrogen and oxygen atoms in total. The molecule has 10 heteroatoms. The number of amides is 1. The molecule has 1 fully saturated rings. The van der Waals surface area contributed by atoms with E-state index in [2.05, 4.69) is 20.3 Å². The van der Waals surface area contributed by atoms with Crippen molar-refractivity contribution in [2.75, 3.05) is 25.0 Å². The number of carbonyl (C=O) groups is 1. The topological polar surface area (TPSA) is 105 Å². The number of H-pyrrole nitrogens is 1. The number of halogens is 1. The van der Waals surface area contributed by atoms with Gasteiger partial charge in [0.15, 0.2) is 5.65 Å². The molecule has 0 bridgehead atoms. The minimum Gasteiger partial charge on any atom is -0.444 e. The van der Waals surface area contributed by atoms with E-state index >= 15 is 0 Å². The minimum atomic E-state index is -0.524. The van der Waals surface area contributed by atoms with Crippen molar-refractivity contribution in [1.82, 2.24) is 24.4 Å². The van der Waals surface area contributed by atoms with Crippen molar-refractivity contribution in [2.45, 2.75) is 39.3 Å². The lowest BCUT2D eigenvalue weighted by Gasteiger charge is -2.24. The third-order valence-corrected chi connectivity index (χ3v) is 6.42. The number of aromatic nitrogens is 4. The molecule has 1 aliphatic heterocycles. The Morgan fingerprint density at radius 2 is 1.95 bits per heavy atom. The maximum atomic E-state index is 13.7. The Morgan fingerprint density at radius 1 is 1.18 bits per heavy atom. The third-order valence-electron chi connectivity index (χ3n) is 6.42. The first-order valence-electron chi connectivity index (χ1n) is 12.7. The Balaban J connectivity index is 1.28. The molecule has 1 amide bonds. The van der Waals surface area contributed by atoms with E-state index in [1.54, 1.807) is 21.7 Å². The Hall–Kier alpha value is -4.21. The molecule has 0 spiro atoms. The first-order chi connectivity index (χ1) is 18.1. The highest BCUT2D eigenvalue weighted by Crippen LogP contribution is 2.23. The number of imidazole rings is 1. The molecule has 3 heterocycles. The lowest BCUT2D eigenvalue weighted by atomic mass is 10.0. The van der Waals surface area contributed by atoms with Crippen molar-refractivity contribution in [3.05, 3.63) is 76.6 Å². The number of likely N-dealkylation sites (tertiary alicyclic amines) is 1. The minimum absolute atomic E-state index is 0.237. The molecule has 4 aromatic rings. The zero-order valence-corrected chi connectivity index (χ0v) is 21.7. The van der Waals surface area contributed by atoms with Crippen molar-refractivity contribution in [3.8, 4) is 11.1 Å². The smallest absolute Gasteiger partial charge is 0.410 e. The predicted octanol–water partition coefficient (Wildman–Crippen LogP) is 4.64. The summed E-state index contributed by atoms with van der Waals surface area (Å²) in [6.45, 7) is 7.70. The summed E-state index contributed by atoms with van der Waals surface area (Å²) in [6, 6.07) is 14.1. The van der Waals surface area contributed by atoms with Crippen LogP contribution in [0, 0.1) is 11.7 Å². The lowest BCUT2D eigenvalue weighted by Crippen LogP contribution is -2.35. The van der Waals surface area contributed by atoms with Crippen molar-refractivity contribution in [1.29, 1.82) is 0 Å². The average molecular weight is 519 g/mol. The fourth-order valence-corrected chi connectivity index (χ4v) is 4.60. The van der Waals surface area contributed by atoms with E-state index in [9.17, 15) is 14.0 Å². The Morgan fingerprint density at radius 3 is 2.71 bits per heavy atom. The van der Waals surface area contributed by atoms with Crippen LogP contribution in [0.1, 0.15) is 32.8 Å². The van der Waals surface area contributed by atoms with Gasteiger partial charge in [0.05, 0.1) is 12.7 Å². The van der Waals surface area contributed by atoms with Crippen LogP contribution in [0.2, 0.25) is 0 Å². The molecule has 0 radical (unpaired) electrons. The van der Waals surface area contributed by atoms with Gasteiger partial charge in [0.25, 0.3) is 0 Å². The fraction of sp³-hybridized carbons (Fsp3) is 0.357. The summed E-state index contributed by atoms with van der Waals surface area (Å²) >= 11 is 0. The van der Waals surface area contributed by atoms with E-state index in [0.717, 1.165) is 23.1 Å². The monoisotopic (exact) mass is 518 g/mol. The van der Waals surface area contributed by atoms with Gasteiger partial charge in [-0.15, -0.1) is 0 Å². The largest absolute Gasteiger partial charge is 0.444 e. The predicted molar refractivity (Wildman–Crippen MR) is 143 cm³/mol. The normalized spacial score (nSPS) is 15.7. The maximum Gasteiger partial charge on any atom is 0.410 e. The van der Waals surface area contributed by atoms with Gasteiger partial charge < -0.3 is 19.9 Å². The van der Waals surface area contributed by atoms with Crippen molar-refractivity contribution in [2.24, 2.45) is 5.92 Å². The highest BCUT2D eigenvalue weighted by Gasteiger charge is 2.29. The van der Waals surface area contributed by atoms with Gasteiger partial charge >= 0.3 is 11.8 Å². The zero-order valence-electron chi connectivity index (χ0n) is 21.7. The molecule has 2 aromatic carbocycles. The molecule has 1 saturated heterocycles. The molecule has 198 valence electrons. The first kappa shape index (κ1) is 25.4. The molecule has 0 aliphatic carbocycles. The molecule has 0 unspecified atom stereocenters. The number of benzene rings is 2. The van der Waals surface area contributed by atoms with Crippen molar-refractivity contribution < 1.29 is 13.9 Å². The molecular weight excluding hydrogens is 487 g/mol. The molecule has 38 heavy (non-hydrogen) atoms. The summed E-state index contributed by atoms with van der Waals surface area (Å²) in [5.74, 6) is 0.350. The van der Waals surface area contributed by atoms with Crippen LogP contribution in [0.5, 0.6) is 0 Å². The van der Waals surface area contributed by atoms with E-state index in [0.29, 0.717) is 43.3 Å².